The maximum atomic E-state index is 12.3. The minimum atomic E-state index is 0.223. The van der Waals surface area contributed by atoms with Gasteiger partial charge in [-0.2, -0.15) is 0 Å². The third-order valence-corrected chi connectivity index (χ3v) is 4.08. The van der Waals surface area contributed by atoms with Crippen molar-refractivity contribution in [2.45, 2.75) is 19.3 Å². The average molecular weight is 272 g/mol. The second-order valence-electron chi connectivity index (χ2n) is 5.38. The number of aromatic nitrogens is 1. The van der Waals surface area contributed by atoms with E-state index in [2.05, 4.69) is 10.6 Å². The summed E-state index contributed by atoms with van der Waals surface area (Å²) in [5.74, 6) is 1.06. The largest absolute Gasteiger partial charge is 0.496 e. The van der Waals surface area contributed by atoms with Crippen LogP contribution in [0.5, 0.6) is 5.75 Å². The van der Waals surface area contributed by atoms with Crippen LogP contribution in [0.15, 0.2) is 24.4 Å². The fourth-order valence-electron chi connectivity index (χ4n) is 3.05. The molecule has 1 aliphatic heterocycles. The molecule has 1 aromatic heterocycles. The summed E-state index contributed by atoms with van der Waals surface area (Å²) in [6, 6.07) is 5.99. The maximum Gasteiger partial charge on any atom is 0.227 e. The zero-order valence-corrected chi connectivity index (χ0v) is 12.1. The van der Waals surface area contributed by atoms with Gasteiger partial charge in [-0.15, -0.1) is 0 Å². The van der Waals surface area contributed by atoms with Gasteiger partial charge < -0.3 is 14.2 Å². The SMILES string of the molecule is COc1cccc2c1c(CC(=O)N1CCCC1)cn2C. The van der Waals surface area contributed by atoms with Crippen molar-refractivity contribution in [2.75, 3.05) is 20.2 Å². The standard InChI is InChI=1S/C16H20N2O2/c1-17-11-12(10-15(19)18-8-3-4-9-18)16-13(17)6-5-7-14(16)20-2/h5-7,11H,3-4,8-10H2,1-2H3. The van der Waals surface area contributed by atoms with E-state index in [1.165, 1.54) is 0 Å². The first-order valence-electron chi connectivity index (χ1n) is 7.09. The Morgan fingerprint density at radius 1 is 1.30 bits per heavy atom. The van der Waals surface area contributed by atoms with Crippen molar-refractivity contribution in [1.29, 1.82) is 0 Å². The molecule has 1 fully saturated rings. The molecule has 0 atom stereocenters. The molecule has 0 aliphatic carbocycles. The van der Waals surface area contributed by atoms with Crippen LogP contribution in [0, 0.1) is 0 Å². The van der Waals surface area contributed by atoms with Gasteiger partial charge in [0.05, 0.1) is 19.0 Å². The molecule has 20 heavy (non-hydrogen) atoms. The van der Waals surface area contributed by atoms with Crippen molar-refractivity contribution in [3.8, 4) is 5.75 Å². The second-order valence-corrected chi connectivity index (χ2v) is 5.38. The summed E-state index contributed by atoms with van der Waals surface area (Å²) in [7, 11) is 3.68. The Bertz CT molecular complexity index is 639. The molecular formula is C16H20N2O2. The molecule has 1 aromatic carbocycles. The highest BCUT2D eigenvalue weighted by atomic mass is 16.5. The van der Waals surface area contributed by atoms with Crippen LogP contribution >= 0.6 is 0 Å². The summed E-state index contributed by atoms with van der Waals surface area (Å²) >= 11 is 0. The number of carbonyl (C=O) groups excluding carboxylic acids is 1. The number of ether oxygens (including phenoxy) is 1. The van der Waals surface area contributed by atoms with E-state index >= 15 is 0 Å². The monoisotopic (exact) mass is 272 g/mol. The summed E-state index contributed by atoms with van der Waals surface area (Å²) in [6.45, 7) is 1.81. The van der Waals surface area contributed by atoms with Gasteiger partial charge in [0.15, 0.2) is 0 Å². The van der Waals surface area contributed by atoms with Gasteiger partial charge in [-0.05, 0) is 30.5 Å². The van der Waals surface area contributed by atoms with Crippen molar-refractivity contribution >= 4 is 16.8 Å². The van der Waals surface area contributed by atoms with Gasteiger partial charge in [-0.3, -0.25) is 4.79 Å². The first kappa shape index (κ1) is 13.0. The number of nitrogens with zero attached hydrogens (tertiary/aromatic N) is 2. The van der Waals surface area contributed by atoms with E-state index in [-0.39, 0.29) is 5.91 Å². The lowest BCUT2D eigenvalue weighted by Gasteiger charge is -2.14. The summed E-state index contributed by atoms with van der Waals surface area (Å²) in [4.78, 5) is 14.3. The van der Waals surface area contributed by atoms with E-state index < -0.39 is 0 Å². The Kier molecular flexibility index (Phi) is 3.38. The lowest BCUT2D eigenvalue weighted by atomic mass is 10.1. The number of aryl methyl sites for hydroxylation is 1. The second kappa shape index (κ2) is 5.19. The van der Waals surface area contributed by atoms with Crippen LogP contribution in [0.1, 0.15) is 18.4 Å². The van der Waals surface area contributed by atoms with Gasteiger partial charge in [-0.25, -0.2) is 0 Å². The van der Waals surface area contributed by atoms with Crippen LogP contribution in [0.25, 0.3) is 10.9 Å². The van der Waals surface area contributed by atoms with Gasteiger partial charge in [0.2, 0.25) is 5.91 Å². The van der Waals surface area contributed by atoms with Gasteiger partial charge in [-0.1, -0.05) is 6.07 Å². The molecule has 0 N–H and O–H groups in total. The first-order chi connectivity index (χ1) is 9.70. The average Bonchev–Trinajstić information content (AvgIpc) is 3.08. The highest BCUT2D eigenvalue weighted by Gasteiger charge is 2.20. The molecule has 1 amide bonds. The van der Waals surface area contributed by atoms with Crippen LogP contribution in [0.4, 0.5) is 0 Å². The molecule has 3 rings (SSSR count). The molecule has 0 bridgehead atoms. The summed E-state index contributed by atoms with van der Waals surface area (Å²) in [5, 5.41) is 1.06. The van der Waals surface area contributed by atoms with Gasteiger partial charge in [0.1, 0.15) is 5.75 Å². The first-order valence-corrected chi connectivity index (χ1v) is 7.09. The van der Waals surface area contributed by atoms with Crippen LogP contribution < -0.4 is 4.74 Å². The molecule has 2 aromatic rings. The van der Waals surface area contributed by atoms with Crippen molar-refractivity contribution < 1.29 is 9.53 Å². The normalized spacial score (nSPS) is 15.0. The highest BCUT2D eigenvalue weighted by molar-refractivity contribution is 5.93. The summed E-state index contributed by atoms with van der Waals surface area (Å²) < 4.78 is 7.51. The Labute approximate surface area is 118 Å². The van der Waals surface area contributed by atoms with Gasteiger partial charge in [0.25, 0.3) is 0 Å². The number of likely N-dealkylation sites (tertiary alicyclic amines) is 1. The quantitative estimate of drug-likeness (QED) is 0.859. The number of hydrogen-bond donors (Lipinski definition) is 0. The minimum absolute atomic E-state index is 0.223. The number of carbonyl (C=O) groups is 1. The smallest absolute Gasteiger partial charge is 0.227 e. The third-order valence-electron chi connectivity index (χ3n) is 4.08. The van der Waals surface area contributed by atoms with Crippen LogP contribution in [0.2, 0.25) is 0 Å². The molecule has 0 spiro atoms. The Morgan fingerprint density at radius 2 is 2.05 bits per heavy atom. The van der Waals surface area contributed by atoms with Gasteiger partial charge in [0, 0.05) is 31.7 Å². The number of rotatable bonds is 3. The molecule has 1 saturated heterocycles. The Hall–Kier alpha value is -1.97. The molecule has 4 heteroatoms. The maximum absolute atomic E-state index is 12.3. The number of benzene rings is 1. The van der Waals surface area contributed by atoms with E-state index in [4.69, 9.17) is 4.74 Å². The topological polar surface area (TPSA) is 34.5 Å². The van der Waals surface area contributed by atoms with E-state index in [0.717, 1.165) is 48.1 Å². The van der Waals surface area contributed by atoms with E-state index in [1.54, 1.807) is 7.11 Å². The van der Waals surface area contributed by atoms with E-state index in [1.807, 2.05) is 30.3 Å². The molecule has 0 radical (unpaired) electrons. The fraction of sp³-hybridized carbons (Fsp3) is 0.438. The van der Waals surface area contributed by atoms with Crippen LogP contribution in [-0.4, -0.2) is 35.6 Å². The number of methoxy groups -OCH3 is 1. The Morgan fingerprint density at radius 3 is 2.75 bits per heavy atom. The number of fused-ring (bicyclic) bond motifs is 1. The lowest BCUT2D eigenvalue weighted by Crippen LogP contribution is -2.29. The number of hydrogen-bond acceptors (Lipinski definition) is 2. The summed E-state index contributed by atoms with van der Waals surface area (Å²) in [6.07, 6.45) is 4.76. The predicted octanol–water partition coefficient (Wildman–Crippen LogP) is 2.35. The zero-order chi connectivity index (χ0) is 14.1. The van der Waals surface area contributed by atoms with Crippen molar-refractivity contribution in [3.63, 3.8) is 0 Å². The molecule has 1 aliphatic rings. The fourth-order valence-corrected chi connectivity index (χ4v) is 3.05. The Balaban J connectivity index is 1.96. The van der Waals surface area contributed by atoms with Crippen molar-refractivity contribution in [3.05, 3.63) is 30.0 Å². The molecule has 0 unspecified atom stereocenters. The van der Waals surface area contributed by atoms with E-state index in [9.17, 15) is 4.79 Å². The predicted molar refractivity (Wildman–Crippen MR) is 79.0 cm³/mol. The summed E-state index contributed by atoms with van der Waals surface area (Å²) in [5.41, 5.74) is 2.16. The highest BCUT2D eigenvalue weighted by Crippen LogP contribution is 2.30. The lowest BCUT2D eigenvalue weighted by molar-refractivity contribution is -0.129. The molecule has 4 nitrogen and oxygen atoms in total. The molecular weight excluding hydrogens is 252 g/mol. The minimum Gasteiger partial charge on any atom is -0.496 e. The molecule has 106 valence electrons. The van der Waals surface area contributed by atoms with Gasteiger partial charge >= 0.3 is 0 Å². The van der Waals surface area contributed by atoms with Crippen molar-refractivity contribution in [2.24, 2.45) is 7.05 Å². The molecule has 0 saturated carbocycles. The van der Waals surface area contributed by atoms with E-state index in [0.29, 0.717) is 6.42 Å². The molecule has 2 heterocycles. The van der Waals surface area contributed by atoms with Crippen LogP contribution in [-0.2, 0) is 18.3 Å². The third kappa shape index (κ3) is 2.15. The zero-order valence-electron chi connectivity index (χ0n) is 12.1. The van der Waals surface area contributed by atoms with Crippen molar-refractivity contribution in [1.82, 2.24) is 9.47 Å². The van der Waals surface area contributed by atoms with Crippen LogP contribution in [0.3, 0.4) is 0 Å². The number of amides is 1.